The molecule has 0 amide bonds. The predicted molar refractivity (Wildman–Crippen MR) is 123 cm³/mol. The first kappa shape index (κ1) is 19.6. The molecule has 0 saturated carbocycles. The van der Waals surface area contributed by atoms with Gasteiger partial charge in [-0.2, -0.15) is 5.10 Å². The van der Waals surface area contributed by atoms with Crippen molar-refractivity contribution in [1.82, 2.24) is 29.7 Å². The minimum Gasteiger partial charge on any atom is -0.362 e. The van der Waals surface area contributed by atoms with Crippen molar-refractivity contribution in [1.29, 1.82) is 0 Å². The van der Waals surface area contributed by atoms with Crippen molar-refractivity contribution in [2.24, 2.45) is 0 Å². The van der Waals surface area contributed by atoms with E-state index in [0.29, 0.717) is 23.5 Å². The largest absolute Gasteiger partial charge is 0.362 e. The zero-order chi connectivity index (χ0) is 21.9. The van der Waals surface area contributed by atoms with E-state index in [1.165, 1.54) is 11.0 Å². The maximum atomic E-state index is 13.0. The molecule has 3 heterocycles. The van der Waals surface area contributed by atoms with Crippen LogP contribution in [0.1, 0.15) is 24.1 Å². The van der Waals surface area contributed by atoms with E-state index in [2.05, 4.69) is 25.3 Å². The van der Waals surface area contributed by atoms with Gasteiger partial charge in [-0.25, -0.2) is 19.6 Å². The van der Waals surface area contributed by atoms with Gasteiger partial charge in [0.1, 0.15) is 11.8 Å². The summed E-state index contributed by atoms with van der Waals surface area (Å²) < 4.78 is 1.51. The van der Waals surface area contributed by atoms with Gasteiger partial charge >= 0.3 is 0 Å². The summed E-state index contributed by atoms with van der Waals surface area (Å²) >= 11 is 0. The normalized spacial score (nSPS) is 12.0. The van der Waals surface area contributed by atoms with Gasteiger partial charge in [0.15, 0.2) is 11.5 Å². The molecule has 0 aliphatic heterocycles. The van der Waals surface area contributed by atoms with Gasteiger partial charge in [-0.15, -0.1) is 0 Å². The van der Waals surface area contributed by atoms with Crippen LogP contribution in [0.4, 0.5) is 5.82 Å². The number of nitrogens with zero attached hydrogens (tertiary/aromatic N) is 5. The molecule has 3 aromatic heterocycles. The Morgan fingerprint density at radius 2 is 1.75 bits per heavy atom. The highest BCUT2D eigenvalue weighted by Gasteiger charge is 2.18. The zero-order valence-electron chi connectivity index (χ0n) is 17.4. The van der Waals surface area contributed by atoms with Gasteiger partial charge in [-0.1, -0.05) is 60.7 Å². The highest BCUT2D eigenvalue weighted by atomic mass is 16.1. The van der Waals surface area contributed by atoms with Gasteiger partial charge in [0, 0.05) is 17.2 Å². The van der Waals surface area contributed by atoms with Gasteiger partial charge in [-0.05, 0) is 12.5 Å². The fourth-order valence-electron chi connectivity index (χ4n) is 3.68. The maximum Gasteiger partial charge on any atom is 0.267 e. The molecule has 32 heavy (non-hydrogen) atoms. The van der Waals surface area contributed by atoms with Crippen LogP contribution >= 0.6 is 0 Å². The van der Waals surface area contributed by atoms with Crippen LogP contribution in [0.2, 0.25) is 0 Å². The van der Waals surface area contributed by atoms with Crippen LogP contribution in [-0.2, 0) is 6.54 Å². The summed E-state index contributed by atoms with van der Waals surface area (Å²) in [6.07, 6.45) is 3.04. The second-order valence-electron chi connectivity index (χ2n) is 7.49. The van der Waals surface area contributed by atoms with E-state index in [-0.39, 0.29) is 11.6 Å². The summed E-state index contributed by atoms with van der Waals surface area (Å²) in [4.78, 5) is 28.7. The topological polar surface area (TPSA) is 101 Å². The molecule has 0 fully saturated rings. The molecule has 0 aliphatic rings. The number of nitrogens with one attached hydrogen (secondary N) is 2. The first-order valence-electron chi connectivity index (χ1n) is 10.3. The van der Waals surface area contributed by atoms with Crippen LogP contribution in [0.5, 0.6) is 0 Å². The monoisotopic (exact) mass is 423 g/mol. The Kier molecular flexibility index (Phi) is 5.17. The summed E-state index contributed by atoms with van der Waals surface area (Å²) in [5.74, 6) is 0.618. The Morgan fingerprint density at radius 1 is 1.00 bits per heavy atom. The molecule has 0 radical (unpaired) electrons. The number of hydrogen-bond acceptors (Lipinski definition) is 6. The average Bonchev–Trinajstić information content (AvgIpc) is 3.31. The summed E-state index contributed by atoms with van der Waals surface area (Å²) in [5.41, 5.74) is 4.62. The third-order valence-electron chi connectivity index (χ3n) is 5.29. The van der Waals surface area contributed by atoms with E-state index in [1.807, 2.05) is 67.6 Å². The Bertz CT molecular complexity index is 1410. The standard InChI is InChI=1S/C24H21N7O/c1-16(29-24-22-23(26-14-25-22)27-15-28-24)19-12-20(32)31(13-17-8-4-2-5-9-17)30-21(19)18-10-6-3-7-11-18/h2-12,14-16H,13H2,1H3,(H2,25,26,27,28,29). The lowest BCUT2D eigenvalue weighted by molar-refractivity contribution is 0.634. The first-order valence-corrected chi connectivity index (χ1v) is 10.3. The molecule has 1 unspecified atom stereocenters. The number of imidazole rings is 1. The lowest BCUT2D eigenvalue weighted by Crippen LogP contribution is -2.26. The molecule has 0 saturated heterocycles. The number of fused-ring (bicyclic) bond motifs is 1. The molecule has 158 valence electrons. The number of rotatable bonds is 6. The van der Waals surface area contributed by atoms with Gasteiger partial charge in [0.2, 0.25) is 0 Å². The Balaban J connectivity index is 1.57. The number of benzene rings is 2. The molecule has 8 nitrogen and oxygen atoms in total. The van der Waals surface area contributed by atoms with Gasteiger partial charge in [0.05, 0.1) is 24.6 Å². The van der Waals surface area contributed by atoms with Crippen LogP contribution in [0.25, 0.3) is 22.4 Å². The average molecular weight is 423 g/mol. The molecule has 5 aromatic rings. The van der Waals surface area contributed by atoms with Crippen molar-refractivity contribution >= 4 is 17.0 Å². The van der Waals surface area contributed by atoms with Gasteiger partial charge in [-0.3, -0.25) is 4.79 Å². The molecule has 0 aliphatic carbocycles. The van der Waals surface area contributed by atoms with Crippen molar-refractivity contribution in [3.05, 3.63) is 101 Å². The highest BCUT2D eigenvalue weighted by Crippen LogP contribution is 2.28. The molecule has 0 spiro atoms. The summed E-state index contributed by atoms with van der Waals surface area (Å²) in [6.45, 7) is 2.39. The second-order valence-corrected chi connectivity index (χ2v) is 7.49. The third-order valence-corrected chi connectivity index (χ3v) is 5.29. The van der Waals surface area contributed by atoms with E-state index in [9.17, 15) is 4.79 Å². The molecule has 2 N–H and O–H groups in total. The highest BCUT2D eigenvalue weighted by molar-refractivity contribution is 5.82. The molecule has 8 heteroatoms. The molecule has 5 rings (SSSR count). The fourth-order valence-corrected chi connectivity index (χ4v) is 3.68. The van der Waals surface area contributed by atoms with Crippen molar-refractivity contribution in [2.75, 3.05) is 5.32 Å². The first-order chi connectivity index (χ1) is 15.7. The summed E-state index contributed by atoms with van der Waals surface area (Å²) in [7, 11) is 0. The molecular formula is C24H21N7O. The lowest BCUT2D eigenvalue weighted by atomic mass is 10.0. The van der Waals surface area contributed by atoms with Crippen molar-refractivity contribution in [3.63, 3.8) is 0 Å². The van der Waals surface area contributed by atoms with Gasteiger partial charge < -0.3 is 10.3 Å². The third kappa shape index (κ3) is 3.85. The van der Waals surface area contributed by atoms with E-state index in [1.54, 1.807) is 12.4 Å². The minimum atomic E-state index is -0.238. The van der Waals surface area contributed by atoms with Crippen LogP contribution in [0, 0.1) is 0 Å². The fraction of sp³-hybridized carbons (Fsp3) is 0.125. The number of anilines is 1. The van der Waals surface area contributed by atoms with Crippen molar-refractivity contribution < 1.29 is 0 Å². The lowest BCUT2D eigenvalue weighted by Gasteiger charge is -2.19. The van der Waals surface area contributed by atoms with Crippen LogP contribution < -0.4 is 10.9 Å². The number of aromatic nitrogens is 6. The maximum absolute atomic E-state index is 13.0. The van der Waals surface area contributed by atoms with E-state index in [0.717, 1.165) is 22.4 Å². The second kappa shape index (κ2) is 8.43. The number of H-pyrrole nitrogens is 1. The molecule has 0 bridgehead atoms. The van der Waals surface area contributed by atoms with Crippen molar-refractivity contribution in [2.45, 2.75) is 19.5 Å². The summed E-state index contributed by atoms with van der Waals surface area (Å²) in [6, 6.07) is 21.1. The van der Waals surface area contributed by atoms with Crippen LogP contribution in [0.3, 0.4) is 0 Å². The SMILES string of the molecule is CC(Nc1ncnc2nc[nH]c12)c1cc(=O)n(Cc2ccccc2)nc1-c1ccccc1. The Morgan fingerprint density at radius 3 is 2.53 bits per heavy atom. The molecule has 1 atom stereocenters. The van der Waals surface area contributed by atoms with E-state index < -0.39 is 0 Å². The Labute approximate surface area is 184 Å². The smallest absolute Gasteiger partial charge is 0.267 e. The van der Waals surface area contributed by atoms with E-state index in [4.69, 9.17) is 5.10 Å². The van der Waals surface area contributed by atoms with E-state index >= 15 is 0 Å². The zero-order valence-corrected chi connectivity index (χ0v) is 17.4. The number of hydrogen-bond donors (Lipinski definition) is 2. The quantitative estimate of drug-likeness (QED) is 0.431. The molecule has 2 aromatic carbocycles. The van der Waals surface area contributed by atoms with Gasteiger partial charge in [0.25, 0.3) is 5.56 Å². The minimum absolute atomic E-state index is 0.161. The van der Waals surface area contributed by atoms with Crippen molar-refractivity contribution in [3.8, 4) is 11.3 Å². The number of aromatic amines is 1. The predicted octanol–water partition coefficient (Wildman–Crippen LogP) is 3.80. The van der Waals surface area contributed by atoms with Crippen LogP contribution in [0.15, 0.2) is 84.2 Å². The molecular weight excluding hydrogens is 402 g/mol. The Hall–Kier alpha value is -4.33. The summed E-state index contributed by atoms with van der Waals surface area (Å²) in [5, 5.41) is 8.15. The van der Waals surface area contributed by atoms with Crippen LogP contribution in [-0.4, -0.2) is 29.7 Å².